The normalized spacial score (nSPS) is 19.6. The molecule has 2 fully saturated rings. The molecule has 2 saturated heterocycles. The second kappa shape index (κ2) is 11.6. The molecule has 0 bridgehead atoms. The van der Waals surface area contributed by atoms with Crippen LogP contribution in [0, 0.1) is 0 Å². The number of aryl methyl sites for hydroxylation is 1. The highest BCUT2D eigenvalue weighted by Gasteiger charge is 2.15. The Kier molecular flexibility index (Phi) is 8.90. The van der Waals surface area contributed by atoms with Crippen LogP contribution < -0.4 is 9.47 Å². The Labute approximate surface area is 171 Å². The number of rotatable bonds is 10. The van der Waals surface area contributed by atoms with Crippen molar-refractivity contribution in [3.63, 3.8) is 0 Å². The zero-order valence-corrected chi connectivity index (χ0v) is 18.0. The Bertz CT molecular complexity index is 567. The highest BCUT2D eigenvalue weighted by atomic mass is 16.5. The SMILES string of the molecule is COc1cccc(CCCN2CCN(C)CC2)c1OCCCN1CCCCC1. The monoisotopic (exact) mass is 389 g/mol. The Morgan fingerprint density at radius 2 is 1.57 bits per heavy atom. The van der Waals surface area contributed by atoms with Crippen LogP contribution in [0.2, 0.25) is 0 Å². The Hall–Kier alpha value is -1.30. The summed E-state index contributed by atoms with van der Waals surface area (Å²) in [4.78, 5) is 7.57. The van der Waals surface area contributed by atoms with Gasteiger partial charge in [0.05, 0.1) is 13.7 Å². The smallest absolute Gasteiger partial charge is 0.164 e. The van der Waals surface area contributed by atoms with Crippen LogP contribution in [0.15, 0.2) is 18.2 Å². The topological polar surface area (TPSA) is 28.2 Å². The van der Waals surface area contributed by atoms with Gasteiger partial charge in [0, 0.05) is 32.7 Å². The van der Waals surface area contributed by atoms with Crippen LogP contribution in [0.25, 0.3) is 0 Å². The van der Waals surface area contributed by atoms with E-state index < -0.39 is 0 Å². The number of para-hydroxylation sites is 1. The minimum Gasteiger partial charge on any atom is -0.493 e. The predicted molar refractivity (Wildman–Crippen MR) is 116 cm³/mol. The number of hydrogen-bond acceptors (Lipinski definition) is 5. The number of methoxy groups -OCH3 is 1. The van der Waals surface area contributed by atoms with Gasteiger partial charge in [-0.2, -0.15) is 0 Å². The molecule has 0 aromatic heterocycles. The van der Waals surface area contributed by atoms with Gasteiger partial charge in [0.1, 0.15) is 0 Å². The van der Waals surface area contributed by atoms with Crippen molar-refractivity contribution in [2.24, 2.45) is 0 Å². The first-order valence-electron chi connectivity index (χ1n) is 11.2. The fourth-order valence-corrected chi connectivity index (χ4v) is 4.29. The third-order valence-corrected chi connectivity index (χ3v) is 6.11. The van der Waals surface area contributed by atoms with Crippen LogP contribution in [-0.4, -0.2) is 87.8 Å². The number of nitrogens with zero attached hydrogens (tertiary/aromatic N) is 3. The average Bonchev–Trinajstić information content (AvgIpc) is 2.74. The van der Waals surface area contributed by atoms with E-state index in [0.29, 0.717) is 0 Å². The summed E-state index contributed by atoms with van der Waals surface area (Å²) in [5, 5.41) is 0. The number of piperidine rings is 1. The van der Waals surface area contributed by atoms with E-state index in [4.69, 9.17) is 9.47 Å². The van der Waals surface area contributed by atoms with Crippen molar-refractivity contribution in [2.45, 2.75) is 38.5 Å². The molecule has 0 N–H and O–H groups in total. The van der Waals surface area contributed by atoms with Gasteiger partial charge in [0.2, 0.25) is 0 Å². The first kappa shape index (κ1) is 21.4. The number of likely N-dealkylation sites (tertiary alicyclic amines) is 1. The van der Waals surface area contributed by atoms with Gasteiger partial charge in [-0.05, 0) is 70.4 Å². The fraction of sp³-hybridized carbons (Fsp3) is 0.739. The maximum Gasteiger partial charge on any atom is 0.164 e. The van der Waals surface area contributed by atoms with Crippen molar-refractivity contribution in [3.05, 3.63) is 23.8 Å². The minimum atomic E-state index is 0.766. The van der Waals surface area contributed by atoms with Crippen LogP contribution in [0.3, 0.4) is 0 Å². The third kappa shape index (κ3) is 6.64. The van der Waals surface area contributed by atoms with Gasteiger partial charge in [0.25, 0.3) is 0 Å². The van der Waals surface area contributed by atoms with Crippen molar-refractivity contribution in [1.29, 1.82) is 0 Å². The summed E-state index contributed by atoms with van der Waals surface area (Å²) in [6.07, 6.45) is 7.39. The second-order valence-corrected chi connectivity index (χ2v) is 8.30. The number of benzene rings is 1. The number of piperazine rings is 1. The molecule has 0 radical (unpaired) electrons. The molecule has 0 amide bonds. The molecule has 2 aliphatic rings. The van der Waals surface area contributed by atoms with Crippen LogP contribution >= 0.6 is 0 Å². The number of likely N-dealkylation sites (N-methyl/N-ethyl adjacent to an activating group) is 1. The molecule has 1 aromatic rings. The lowest BCUT2D eigenvalue weighted by atomic mass is 10.1. The van der Waals surface area contributed by atoms with Gasteiger partial charge in [-0.1, -0.05) is 18.6 Å². The van der Waals surface area contributed by atoms with Crippen molar-refractivity contribution in [1.82, 2.24) is 14.7 Å². The number of hydrogen-bond donors (Lipinski definition) is 0. The van der Waals surface area contributed by atoms with E-state index in [1.54, 1.807) is 7.11 Å². The molecular formula is C23H39N3O2. The summed E-state index contributed by atoms with van der Waals surface area (Å²) in [7, 11) is 3.95. The molecule has 5 nitrogen and oxygen atoms in total. The van der Waals surface area contributed by atoms with Crippen molar-refractivity contribution >= 4 is 0 Å². The van der Waals surface area contributed by atoms with Gasteiger partial charge < -0.3 is 24.2 Å². The number of ether oxygens (including phenoxy) is 2. The maximum absolute atomic E-state index is 6.23. The van der Waals surface area contributed by atoms with Gasteiger partial charge in [-0.25, -0.2) is 0 Å². The lowest BCUT2D eigenvalue weighted by Crippen LogP contribution is -2.44. The molecule has 5 heteroatoms. The van der Waals surface area contributed by atoms with Crippen LogP contribution in [0.4, 0.5) is 0 Å². The highest BCUT2D eigenvalue weighted by molar-refractivity contribution is 5.46. The minimum absolute atomic E-state index is 0.766. The molecule has 2 heterocycles. The quantitative estimate of drug-likeness (QED) is 0.573. The Morgan fingerprint density at radius 3 is 2.32 bits per heavy atom. The molecule has 3 rings (SSSR count). The molecule has 28 heavy (non-hydrogen) atoms. The fourth-order valence-electron chi connectivity index (χ4n) is 4.29. The summed E-state index contributed by atoms with van der Waals surface area (Å²) in [5.41, 5.74) is 1.28. The summed E-state index contributed by atoms with van der Waals surface area (Å²) in [6, 6.07) is 6.31. The molecule has 0 spiro atoms. The van der Waals surface area contributed by atoms with Crippen LogP contribution in [0.5, 0.6) is 11.5 Å². The molecule has 2 aliphatic heterocycles. The molecule has 1 aromatic carbocycles. The summed E-state index contributed by atoms with van der Waals surface area (Å²) >= 11 is 0. The van der Waals surface area contributed by atoms with Crippen molar-refractivity contribution in [3.8, 4) is 11.5 Å². The molecule has 0 aliphatic carbocycles. The van der Waals surface area contributed by atoms with Crippen molar-refractivity contribution in [2.75, 3.05) is 73.1 Å². The van der Waals surface area contributed by atoms with E-state index in [0.717, 1.165) is 37.5 Å². The summed E-state index contributed by atoms with van der Waals surface area (Å²) in [5.74, 6) is 1.83. The van der Waals surface area contributed by atoms with Gasteiger partial charge >= 0.3 is 0 Å². The first-order valence-corrected chi connectivity index (χ1v) is 11.2. The van der Waals surface area contributed by atoms with E-state index in [-0.39, 0.29) is 0 Å². The third-order valence-electron chi connectivity index (χ3n) is 6.11. The van der Waals surface area contributed by atoms with E-state index in [9.17, 15) is 0 Å². The lowest BCUT2D eigenvalue weighted by molar-refractivity contribution is 0.153. The van der Waals surface area contributed by atoms with E-state index >= 15 is 0 Å². The van der Waals surface area contributed by atoms with Gasteiger partial charge in [-0.15, -0.1) is 0 Å². The van der Waals surface area contributed by atoms with Crippen LogP contribution in [-0.2, 0) is 6.42 Å². The summed E-state index contributed by atoms with van der Waals surface area (Å²) in [6.45, 7) is 10.3. The molecular weight excluding hydrogens is 350 g/mol. The average molecular weight is 390 g/mol. The zero-order chi connectivity index (χ0) is 19.6. The summed E-state index contributed by atoms with van der Waals surface area (Å²) < 4.78 is 11.8. The largest absolute Gasteiger partial charge is 0.493 e. The Morgan fingerprint density at radius 1 is 0.857 bits per heavy atom. The molecule has 0 saturated carbocycles. The zero-order valence-electron chi connectivity index (χ0n) is 18.0. The molecule has 0 atom stereocenters. The van der Waals surface area contributed by atoms with Gasteiger partial charge in [-0.3, -0.25) is 0 Å². The highest BCUT2D eigenvalue weighted by Crippen LogP contribution is 2.32. The standard InChI is InChI=1S/C23H39N3O2/c1-24-16-18-26(19-17-24)14-7-10-21-9-6-11-22(27-2)23(21)28-20-8-15-25-12-4-3-5-13-25/h6,9,11H,3-5,7-8,10,12-20H2,1-2H3. The first-order chi connectivity index (χ1) is 13.8. The van der Waals surface area contributed by atoms with Crippen molar-refractivity contribution < 1.29 is 9.47 Å². The van der Waals surface area contributed by atoms with Crippen LogP contribution in [0.1, 0.15) is 37.7 Å². The Balaban J connectivity index is 1.45. The predicted octanol–water partition coefficient (Wildman–Crippen LogP) is 3.13. The van der Waals surface area contributed by atoms with E-state index in [2.05, 4.69) is 33.9 Å². The maximum atomic E-state index is 6.23. The van der Waals surface area contributed by atoms with E-state index in [1.807, 2.05) is 6.07 Å². The molecule has 0 unspecified atom stereocenters. The second-order valence-electron chi connectivity index (χ2n) is 8.30. The molecule has 158 valence electrons. The van der Waals surface area contributed by atoms with E-state index in [1.165, 1.54) is 77.1 Å². The van der Waals surface area contributed by atoms with Gasteiger partial charge in [0.15, 0.2) is 11.5 Å². The lowest BCUT2D eigenvalue weighted by Gasteiger charge is -2.32.